The largest absolute Gasteiger partial charge is 0.494 e. The van der Waals surface area contributed by atoms with Gasteiger partial charge in [-0.05, 0) is 38.1 Å². The smallest absolute Gasteiger partial charge is 0.253 e. The van der Waals surface area contributed by atoms with Crippen molar-refractivity contribution in [3.63, 3.8) is 0 Å². The predicted molar refractivity (Wildman–Crippen MR) is 149 cm³/mol. The Morgan fingerprint density at radius 2 is 1.79 bits per heavy atom. The van der Waals surface area contributed by atoms with Crippen LogP contribution >= 0.6 is 0 Å². The van der Waals surface area contributed by atoms with Crippen LogP contribution in [0.25, 0.3) is 10.9 Å². The summed E-state index contributed by atoms with van der Waals surface area (Å²) in [5, 5.41) is 6.94. The zero-order chi connectivity index (χ0) is 27.7. The van der Waals surface area contributed by atoms with Crippen LogP contribution in [0.15, 0.2) is 48.8 Å². The molecule has 0 aliphatic carbocycles. The molecule has 204 valence electrons. The van der Waals surface area contributed by atoms with Crippen LogP contribution in [0, 0.1) is 11.6 Å². The molecule has 39 heavy (non-hydrogen) atoms. The van der Waals surface area contributed by atoms with Crippen LogP contribution in [0.5, 0.6) is 5.75 Å². The number of carbonyl (C=O) groups excluding carboxylic acids is 1. The summed E-state index contributed by atoms with van der Waals surface area (Å²) in [5.41, 5.74) is 7.78. The van der Waals surface area contributed by atoms with E-state index in [1.54, 1.807) is 13.3 Å². The number of aromatic nitrogens is 2. The number of pyridine rings is 1. The number of methoxy groups -OCH3 is 1. The highest BCUT2D eigenvalue weighted by Crippen LogP contribution is 2.35. The summed E-state index contributed by atoms with van der Waals surface area (Å²) in [5.74, 6) is -1.55. The van der Waals surface area contributed by atoms with Crippen molar-refractivity contribution in [2.75, 3.05) is 48.8 Å². The van der Waals surface area contributed by atoms with Crippen LogP contribution in [0.1, 0.15) is 24.2 Å². The van der Waals surface area contributed by atoms with E-state index < -0.39 is 23.1 Å². The quantitative estimate of drug-likeness (QED) is 0.252. The fraction of sp³-hybridized carbons (Fsp3) is 0.286. The molecule has 2 aromatic heterocycles. The number of anilines is 5. The van der Waals surface area contributed by atoms with Crippen LogP contribution in [-0.4, -0.2) is 60.1 Å². The molecule has 0 radical (unpaired) electrons. The molecular weight excluding hydrogens is 504 g/mol. The number of carbonyl (C=O) groups is 1. The van der Waals surface area contributed by atoms with Gasteiger partial charge in [0.1, 0.15) is 23.2 Å². The Kier molecular flexibility index (Phi) is 7.25. The van der Waals surface area contributed by atoms with Gasteiger partial charge in [0.15, 0.2) is 0 Å². The molecule has 1 saturated heterocycles. The van der Waals surface area contributed by atoms with Gasteiger partial charge < -0.3 is 31.0 Å². The zero-order valence-corrected chi connectivity index (χ0v) is 22.0. The highest BCUT2D eigenvalue weighted by Gasteiger charge is 2.21. The Morgan fingerprint density at radius 1 is 1.03 bits per heavy atom. The number of fused-ring (bicyclic) bond motifs is 1. The van der Waals surface area contributed by atoms with E-state index in [0.717, 1.165) is 43.6 Å². The van der Waals surface area contributed by atoms with E-state index in [0.29, 0.717) is 40.3 Å². The van der Waals surface area contributed by atoms with Crippen molar-refractivity contribution in [3.05, 3.63) is 66.0 Å². The molecule has 2 aromatic carbocycles. The van der Waals surface area contributed by atoms with E-state index in [-0.39, 0.29) is 5.69 Å². The van der Waals surface area contributed by atoms with Crippen LogP contribution < -0.4 is 26.0 Å². The Bertz CT molecular complexity index is 1510. The molecule has 9 nitrogen and oxygen atoms in total. The average molecular weight is 536 g/mol. The number of nitrogens with two attached hydrogens (primary N) is 1. The third kappa shape index (κ3) is 5.44. The molecule has 1 aliphatic rings. The maximum absolute atomic E-state index is 14.3. The minimum Gasteiger partial charge on any atom is -0.494 e. The van der Waals surface area contributed by atoms with Crippen molar-refractivity contribution in [2.24, 2.45) is 5.73 Å². The maximum atomic E-state index is 14.3. The van der Waals surface area contributed by atoms with Gasteiger partial charge in [-0.25, -0.2) is 8.78 Å². The number of nitrogens with one attached hydrogen (secondary N) is 3. The summed E-state index contributed by atoms with van der Waals surface area (Å²) in [6.07, 6.45) is 3.13. The van der Waals surface area contributed by atoms with E-state index in [1.807, 2.05) is 18.2 Å². The Balaban J connectivity index is 1.39. The zero-order valence-electron chi connectivity index (χ0n) is 22.0. The number of H-pyrrole nitrogens is 1. The number of ether oxygens (including phenoxy) is 1. The van der Waals surface area contributed by atoms with Crippen LogP contribution in [0.2, 0.25) is 0 Å². The molecule has 3 heterocycles. The van der Waals surface area contributed by atoms with E-state index in [9.17, 15) is 13.6 Å². The van der Waals surface area contributed by atoms with Gasteiger partial charge in [0, 0.05) is 55.4 Å². The SMILES string of the molecule is COc1cc(N2CCN(C(C)C)CC2)ccc1Nc1cc2c(Nc3cc(F)cc(F)c3C(N)=O)cncc2[nH]1. The number of rotatable bonds is 8. The van der Waals surface area contributed by atoms with Gasteiger partial charge in [-0.3, -0.25) is 14.7 Å². The first-order valence-electron chi connectivity index (χ1n) is 12.7. The van der Waals surface area contributed by atoms with Crippen LogP contribution in [-0.2, 0) is 0 Å². The third-order valence-electron chi connectivity index (χ3n) is 6.98. The summed E-state index contributed by atoms with van der Waals surface area (Å²) in [6, 6.07) is 10.1. The van der Waals surface area contributed by atoms with E-state index in [2.05, 4.69) is 50.3 Å². The highest BCUT2D eigenvalue weighted by atomic mass is 19.1. The number of nitrogens with zero attached hydrogens (tertiary/aromatic N) is 3. The van der Waals surface area contributed by atoms with Crippen molar-refractivity contribution in [1.29, 1.82) is 0 Å². The van der Waals surface area contributed by atoms with Gasteiger partial charge in [-0.1, -0.05) is 0 Å². The second-order valence-corrected chi connectivity index (χ2v) is 9.76. The first kappa shape index (κ1) is 26.2. The molecule has 1 amide bonds. The normalized spacial score (nSPS) is 14.2. The first-order chi connectivity index (χ1) is 18.7. The molecule has 5 N–H and O–H groups in total. The molecule has 5 rings (SSSR count). The summed E-state index contributed by atoms with van der Waals surface area (Å²) < 4.78 is 33.9. The third-order valence-corrected chi connectivity index (χ3v) is 6.98. The number of primary amides is 1. The molecule has 1 fully saturated rings. The number of aromatic amines is 1. The average Bonchev–Trinajstić information content (AvgIpc) is 3.32. The van der Waals surface area contributed by atoms with Crippen LogP contribution in [0.4, 0.5) is 37.3 Å². The van der Waals surface area contributed by atoms with Gasteiger partial charge >= 0.3 is 0 Å². The van der Waals surface area contributed by atoms with E-state index in [1.165, 1.54) is 6.20 Å². The van der Waals surface area contributed by atoms with Gasteiger partial charge in [-0.15, -0.1) is 0 Å². The summed E-state index contributed by atoms with van der Waals surface area (Å²) in [6.45, 7) is 8.37. The summed E-state index contributed by atoms with van der Waals surface area (Å²) in [7, 11) is 1.63. The van der Waals surface area contributed by atoms with Gasteiger partial charge in [0.05, 0.1) is 47.6 Å². The molecule has 0 saturated carbocycles. The van der Waals surface area contributed by atoms with Crippen molar-refractivity contribution < 1.29 is 18.3 Å². The second kappa shape index (κ2) is 10.8. The Labute approximate surface area is 225 Å². The number of hydrogen-bond donors (Lipinski definition) is 4. The molecule has 11 heteroatoms. The minimum absolute atomic E-state index is 0.0866. The van der Waals surface area contributed by atoms with E-state index in [4.69, 9.17) is 10.5 Å². The monoisotopic (exact) mass is 535 g/mol. The van der Waals surface area contributed by atoms with Gasteiger partial charge in [0.25, 0.3) is 5.91 Å². The number of hydrogen-bond acceptors (Lipinski definition) is 7. The highest BCUT2D eigenvalue weighted by molar-refractivity contribution is 6.02. The minimum atomic E-state index is -1.04. The van der Waals surface area contributed by atoms with Crippen molar-refractivity contribution in [2.45, 2.75) is 19.9 Å². The second-order valence-electron chi connectivity index (χ2n) is 9.76. The maximum Gasteiger partial charge on any atom is 0.253 e. The number of amides is 1. The molecule has 0 unspecified atom stereocenters. The lowest BCUT2D eigenvalue weighted by Crippen LogP contribution is -2.48. The topological polar surface area (TPSA) is 112 Å². The molecule has 4 aromatic rings. The fourth-order valence-corrected chi connectivity index (χ4v) is 4.91. The predicted octanol–water partition coefficient (Wildman–Crippen LogP) is 4.97. The molecule has 0 atom stereocenters. The molecular formula is C28H31F2N7O2. The lowest BCUT2D eigenvalue weighted by atomic mass is 10.1. The fourth-order valence-electron chi connectivity index (χ4n) is 4.91. The Morgan fingerprint density at radius 3 is 2.49 bits per heavy atom. The Hall–Kier alpha value is -4.38. The molecule has 0 bridgehead atoms. The number of benzene rings is 2. The summed E-state index contributed by atoms with van der Waals surface area (Å²) in [4.78, 5) is 24.1. The molecule has 0 spiro atoms. The first-order valence-corrected chi connectivity index (χ1v) is 12.7. The van der Waals surface area contributed by atoms with Gasteiger partial charge in [-0.2, -0.15) is 0 Å². The van der Waals surface area contributed by atoms with Gasteiger partial charge in [0.2, 0.25) is 0 Å². The lowest BCUT2D eigenvalue weighted by Gasteiger charge is -2.38. The van der Waals surface area contributed by atoms with E-state index >= 15 is 0 Å². The lowest BCUT2D eigenvalue weighted by molar-refractivity contribution is 0.0997. The molecule has 1 aliphatic heterocycles. The van der Waals surface area contributed by atoms with Crippen molar-refractivity contribution in [1.82, 2.24) is 14.9 Å². The summed E-state index contributed by atoms with van der Waals surface area (Å²) >= 11 is 0. The number of piperazine rings is 1. The number of halogens is 2. The van der Waals surface area contributed by atoms with Crippen molar-refractivity contribution >= 4 is 45.4 Å². The van der Waals surface area contributed by atoms with Crippen LogP contribution in [0.3, 0.4) is 0 Å². The standard InChI is InChI=1S/C28H31F2N7O2/c1-16(2)36-6-8-37(9-7-36)18-4-5-21(25(12-18)39-3)34-26-13-19-23(14-32-15-24(19)35-26)33-22-11-17(29)10-20(30)27(22)28(31)38/h4-5,10-16,33-35H,6-9H2,1-3H3,(H2,31,38). The van der Waals surface area contributed by atoms with Crippen molar-refractivity contribution in [3.8, 4) is 5.75 Å².